The molecule has 0 aliphatic heterocycles. The number of azide groups is 1. The Morgan fingerprint density at radius 3 is 2.35 bits per heavy atom. The second-order valence-electron chi connectivity index (χ2n) is 2.92. The van der Waals surface area contributed by atoms with E-state index < -0.39 is 15.0 Å². The van der Waals surface area contributed by atoms with Gasteiger partial charge in [-0.1, -0.05) is 29.4 Å². The third-order valence-electron chi connectivity index (χ3n) is 1.78. The van der Waals surface area contributed by atoms with Crippen molar-refractivity contribution >= 4 is 28.2 Å². The summed E-state index contributed by atoms with van der Waals surface area (Å²) in [4.78, 5) is 12.3. The second kappa shape index (κ2) is 5.26. The average molecular weight is 253 g/mol. The first kappa shape index (κ1) is 12.9. The number of aldehydes is 1. The third-order valence-corrected chi connectivity index (χ3v) is 2.59. The number of carbonyl (C=O) groups excluding carboxylic acids is 1. The molecule has 1 aromatic rings. The Morgan fingerprint density at radius 1 is 1.35 bits per heavy atom. The Kier molecular flexibility index (Phi) is 4.00. The largest absolute Gasteiger partial charge is 0.297 e. The van der Waals surface area contributed by atoms with E-state index in [1.807, 2.05) is 0 Å². The highest BCUT2D eigenvalue weighted by Gasteiger charge is 2.12. The molecule has 0 saturated heterocycles. The molecule has 1 aromatic carbocycles. The van der Waals surface area contributed by atoms with Gasteiger partial charge in [-0.05, 0) is 17.2 Å². The van der Waals surface area contributed by atoms with Crippen LogP contribution in [0.5, 0.6) is 0 Å². The summed E-state index contributed by atoms with van der Waals surface area (Å²) in [5, 5.41) is 3.32. The van der Waals surface area contributed by atoms with Crippen molar-refractivity contribution in [1.29, 1.82) is 0 Å². The molecule has 0 atom stereocenters. The van der Waals surface area contributed by atoms with E-state index in [9.17, 15) is 13.2 Å². The first-order chi connectivity index (χ1) is 7.97. The zero-order valence-corrected chi connectivity index (χ0v) is 9.20. The van der Waals surface area contributed by atoms with Gasteiger partial charge in [0.25, 0.3) is 10.1 Å². The number of carbonyl (C=O) groups is 1. The van der Waals surface area contributed by atoms with Crippen LogP contribution >= 0.6 is 0 Å². The lowest BCUT2D eigenvalue weighted by Gasteiger charge is -1.97. The highest BCUT2D eigenvalue weighted by molar-refractivity contribution is 7.90. The SMILES string of the molecule is [N-]=[N+]=Nc1ccc(C=C(C=O)S(=O)(=O)O)cc1. The Labute approximate surface area is 96.8 Å². The average Bonchev–Trinajstić information content (AvgIpc) is 2.27. The molecule has 0 spiro atoms. The molecule has 0 amide bonds. The Morgan fingerprint density at radius 2 is 1.94 bits per heavy atom. The molecule has 0 saturated carbocycles. The zero-order valence-electron chi connectivity index (χ0n) is 8.39. The van der Waals surface area contributed by atoms with E-state index in [2.05, 4.69) is 10.0 Å². The summed E-state index contributed by atoms with van der Waals surface area (Å²) in [6, 6.07) is 5.77. The van der Waals surface area contributed by atoms with Crippen LogP contribution in [0.25, 0.3) is 16.5 Å². The van der Waals surface area contributed by atoms with Crippen molar-refractivity contribution in [3.8, 4) is 0 Å². The molecule has 0 bridgehead atoms. The van der Waals surface area contributed by atoms with Gasteiger partial charge in [0.1, 0.15) is 4.91 Å². The molecular weight excluding hydrogens is 246 g/mol. The summed E-state index contributed by atoms with van der Waals surface area (Å²) >= 11 is 0. The van der Waals surface area contributed by atoms with Crippen LogP contribution < -0.4 is 0 Å². The molecule has 0 aliphatic rings. The first-order valence-electron chi connectivity index (χ1n) is 4.27. The fourth-order valence-electron chi connectivity index (χ4n) is 1.02. The van der Waals surface area contributed by atoms with Crippen molar-refractivity contribution in [3.05, 3.63) is 45.2 Å². The van der Waals surface area contributed by atoms with E-state index in [1.165, 1.54) is 24.3 Å². The highest BCUT2D eigenvalue weighted by Crippen LogP contribution is 2.16. The normalized spacial score (nSPS) is 11.7. The zero-order chi connectivity index (χ0) is 12.9. The molecule has 0 heterocycles. The molecule has 0 unspecified atom stereocenters. The van der Waals surface area contributed by atoms with E-state index in [4.69, 9.17) is 10.1 Å². The maximum atomic E-state index is 10.7. The predicted octanol–water partition coefficient (Wildman–Crippen LogP) is 2.06. The van der Waals surface area contributed by atoms with Gasteiger partial charge in [0.15, 0.2) is 6.29 Å². The van der Waals surface area contributed by atoms with E-state index in [-0.39, 0.29) is 6.29 Å². The summed E-state index contributed by atoms with van der Waals surface area (Å²) < 4.78 is 30.1. The number of hydrogen-bond acceptors (Lipinski definition) is 4. The smallest absolute Gasteiger partial charge is 0.297 e. The summed E-state index contributed by atoms with van der Waals surface area (Å²) in [5.41, 5.74) is 8.89. The van der Waals surface area contributed by atoms with Crippen molar-refractivity contribution in [3.63, 3.8) is 0 Å². The van der Waals surface area contributed by atoms with Gasteiger partial charge in [-0.15, -0.1) is 0 Å². The van der Waals surface area contributed by atoms with Gasteiger partial charge in [0, 0.05) is 10.6 Å². The molecule has 0 aliphatic carbocycles. The van der Waals surface area contributed by atoms with Crippen molar-refractivity contribution in [2.24, 2.45) is 5.11 Å². The van der Waals surface area contributed by atoms with E-state index in [0.29, 0.717) is 11.3 Å². The van der Waals surface area contributed by atoms with Crippen LogP contribution in [0.2, 0.25) is 0 Å². The lowest BCUT2D eigenvalue weighted by molar-refractivity contribution is -0.104. The van der Waals surface area contributed by atoms with Crippen LogP contribution in [0.1, 0.15) is 5.56 Å². The van der Waals surface area contributed by atoms with Crippen LogP contribution in [0.4, 0.5) is 5.69 Å². The molecule has 8 heteroatoms. The minimum atomic E-state index is -4.52. The molecule has 17 heavy (non-hydrogen) atoms. The highest BCUT2D eigenvalue weighted by atomic mass is 32.2. The summed E-state index contributed by atoms with van der Waals surface area (Å²) in [6.07, 6.45) is 1.04. The minimum Gasteiger partial charge on any atom is -0.297 e. The number of rotatable bonds is 4. The van der Waals surface area contributed by atoms with Crippen LogP contribution in [-0.4, -0.2) is 19.3 Å². The fourth-order valence-corrected chi connectivity index (χ4v) is 1.43. The van der Waals surface area contributed by atoms with Gasteiger partial charge in [-0.25, -0.2) is 0 Å². The number of nitrogens with zero attached hydrogens (tertiary/aromatic N) is 3. The Balaban J connectivity index is 3.14. The predicted molar refractivity (Wildman–Crippen MR) is 60.8 cm³/mol. The minimum absolute atomic E-state index is 0.0384. The molecule has 0 fully saturated rings. The van der Waals surface area contributed by atoms with Gasteiger partial charge >= 0.3 is 0 Å². The van der Waals surface area contributed by atoms with Gasteiger partial charge in [0.05, 0.1) is 0 Å². The van der Waals surface area contributed by atoms with Crippen molar-refractivity contribution in [2.45, 2.75) is 0 Å². The van der Waals surface area contributed by atoms with Gasteiger partial charge < -0.3 is 0 Å². The first-order valence-corrected chi connectivity index (χ1v) is 5.71. The van der Waals surface area contributed by atoms with E-state index >= 15 is 0 Å². The van der Waals surface area contributed by atoms with Crippen LogP contribution in [0.15, 0.2) is 34.3 Å². The summed E-state index contributed by atoms with van der Waals surface area (Å²) in [7, 11) is -4.52. The Bertz CT molecular complexity index is 598. The quantitative estimate of drug-likeness (QED) is 0.220. The lowest BCUT2D eigenvalue weighted by Crippen LogP contribution is -2.02. The van der Waals surface area contributed by atoms with Crippen molar-refractivity contribution in [1.82, 2.24) is 0 Å². The second-order valence-corrected chi connectivity index (χ2v) is 4.34. The maximum Gasteiger partial charge on any atom is 0.297 e. The van der Waals surface area contributed by atoms with Crippen LogP contribution in [0.3, 0.4) is 0 Å². The molecule has 0 aromatic heterocycles. The molecule has 7 nitrogen and oxygen atoms in total. The van der Waals surface area contributed by atoms with Crippen LogP contribution in [0, 0.1) is 0 Å². The lowest BCUT2D eigenvalue weighted by atomic mass is 10.2. The van der Waals surface area contributed by atoms with Gasteiger partial charge in [-0.2, -0.15) is 8.42 Å². The Hall–Kier alpha value is -2.15. The molecule has 88 valence electrons. The van der Waals surface area contributed by atoms with Crippen LogP contribution in [-0.2, 0) is 14.9 Å². The van der Waals surface area contributed by atoms with E-state index in [0.717, 1.165) is 6.08 Å². The molecular formula is C9H7N3O4S. The summed E-state index contributed by atoms with van der Waals surface area (Å²) in [6.45, 7) is 0. The standard InChI is InChI=1S/C9H7N3O4S/c10-12-11-8-3-1-7(2-4-8)5-9(6-13)17(14,15)16/h1-6H,(H,14,15,16). The number of hydrogen-bond donors (Lipinski definition) is 1. The molecule has 1 rings (SSSR count). The monoisotopic (exact) mass is 253 g/mol. The summed E-state index contributed by atoms with van der Waals surface area (Å²) in [5.74, 6) is 0. The van der Waals surface area contributed by atoms with Crippen molar-refractivity contribution in [2.75, 3.05) is 0 Å². The topological polar surface area (TPSA) is 120 Å². The van der Waals surface area contributed by atoms with Gasteiger partial charge in [0.2, 0.25) is 0 Å². The van der Waals surface area contributed by atoms with Crippen molar-refractivity contribution < 1.29 is 17.8 Å². The maximum absolute atomic E-state index is 10.7. The molecule has 1 N–H and O–H groups in total. The van der Waals surface area contributed by atoms with E-state index in [1.54, 1.807) is 0 Å². The van der Waals surface area contributed by atoms with Gasteiger partial charge in [-0.3, -0.25) is 9.35 Å². The molecule has 0 radical (unpaired) electrons. The fraction of sp³-hybridized carbons (Fsp3) is 0. The third kappa shape index (κ3) is 3.72. The number of allylic oxidation sites excluding steroid dienone is 1. The number of benzene rings is 1.